The van der Waals surface area contributed by atoms with E-state index < -0.39 is 24.4 Å². The Morgan fingerprint density at radius 2 is 2.00 bits per heavy atom. The van der Waals surface area contributed by atoms with E-state index in [1.54, 1.807) is 56.5 Å². The molecule has 0 spiro atoms. The van der Waals surface area contributed by atoms with Crippen molar-refractivity contribution in [3.8, 4) is 5.75 Å². The van der Waals surface area contributed by atoms with E-state index in [1.807, 2.05) is 0 Å². The molecule has 1 fully saturated rings. The minimum Gasteiger partial charge on any atom is -0.497 e. The summed E-state index contributed by atoms with van der Waals surface area (Å²) < 4.78 is 10.3. The standard InChI is InChI=1S/C21H21ClN2O5/c1-13-17(22)7-4-8-18(13)23-19(25)12-29-21(27)14-9-20(26)24(11-14)15-5-3-6-16(10-15)28-2/h3-8,10,14H,9,11-12H2,1-2H3,(H,23,25). The minimum atomic E-state index is -0.630. The molecular weight excluding hydrogens is 396 g/mol. The van der Waals surface area contributed by atoms with Gasteiger partial charge in [0.25, 0.3) is 5.91 Å². The fourth-order valence-corrected chi connectivity index (χ4v) is 3.25. The van der Waals surface area contributed by atoms with E-state index in [4.69, 9.17) is 21.1 Å². The number of carbonyl (C=O) groups excluding carboxylic acids is 3. The number of anilines is 2. The zero-order chi connectivity index (χ0) is 21.0. The van der Waals surface area contributed by atoms with Crippen LogP contribution in [0.5, 0.6) is 5.75 Å². The van der Waals surface area contributed by atoms with Gasteiger partial charge in [-0.25, -0.2) is 0 Å². The van der Waals surface area contributed by atoms with Gasteiger partial charge in [-0.1, -0.05) is 23.7 Å². The number of halogens is 1. The normalized spacial score (nSPS) is 15.9. The third kappa shape index (κ3) is 4.86. The number of nitrogens with one attached hydrogen (secondary N) is 1. The van der Waals surface area contributed by atoms with Crippen molar-refractivity contribution in [1.82, 2.24) is 0 Å². The van der Waals surface area contributed by atoms with Crippen LogP contribution in [0.15, 0.2) is 42.5 Å². The van der Waals surface area contributed by atoms with Gasteiger partial charge in [0.1, 0.15) is 5.75 Å². The molecule has 1 N–H and O–H groups in total. The number of hydrogen-bond acceptors (Lipinski definition) is 5. The van der Waals surface area contributed by atoms with Crippen molar-refractivity contribution in [2.24, 2.45) is 5.92 Å². The molecule has 3 rings (SSSR count). The molecule has 1 atom stereocenters. The quantitative estimate of drug-likeness (QED) is 0.731. The van der Waals surface area contributed by atoms with Crippen molar-refractivity contribution in [1.29, 1.82) is 0 Å². The fraction of sp³-hybridized carbons (Fsp3) is 0.286. The number of amides is 2. The van der Waals surface area contributed by atoms with Gasteiger partial charge < -0.3 is 19.7 Å². The van der Waals surface area contributed by atoms with Crippen LogP contribution < -0.4 is 15.0 Å². The van der Waals surface area contributed by atoms with Crippen LogP contribution in [0.1, 0.15) is 12.0 Å². The van der Waals surface area contributed by atoms with Crippen LogP contribution in [0.25, 0.3) is 0 Å². The molecule has 1 unspecified atom stereocenters. The molecule has 152 valence electrons. The maximum Gasteiger partial charge on any atom is 0.311 e. The lowest BCUT2D eigenvalue weighted by Gasteiger charge is -2.17. The van der Waals surface area contributed by atoms with Gasteiger partial charge in [-0.3, -0.25) is 14.4 Å². The average molecular weight is 417 g/mol. The Balaban J connectivity index is 1.55. The highest BCUT2D eigenvalue weighted by molar-refractivity contribution is 6.31. The van der Waals surface area contributed by atoms with E-state index >= 15 is 0 Å². The molecule has 1 saturated heterocycles. The van der Waals surface area contributed by atoms with Crippen LogP contribution in [0.3, 0.4) is 0 Å². The first-order chi connectivity index (χ1) is 13.9. The predicted molar refractivity (Wildman–Crippen MR) is 109 cm³/mol. The zero-order valence-electron chi connectivity index (χ0n) is 16.1. The Labute approximate surface area is 173 Å². The molecule has 0 bridgehead atoms. The van der Waals surface area contributed by atoms with Crippen molar-refractivity contribution < 1.29 is 23.9 Å². The van der Waals surface area contributed by atoms with E-state index in [0.29, 0.717) is 22.1 Å². The number of benzene rings is 2. The van der Waals surface area contributed by atoms with Crippen molar-refractivity contribution >= 4 is 40.8 Å². The predicted octanol–water partition coefficient (Wildman–Crippen LogP) is 3.19. The van der Waals surface area contributed by atoms with Crippen LogP contribution in [-0.2, 0) is 19.1 Å². The molecule has 0 aromatic heterocycles. The molecule has 2 amide bonds. The van der Waals surface area contributed by atoms with Gasteiger partial charge in [-0.05, 0) is 36.8 Å². The summed E-state index contributed by atoms with van der Waals surface area (Å²) in [4.78, 5) is 38.3. The lowest BCUT2D eigenvalue weighted by molar-refractivity contribution is -0.151. The lowest BCUT2D eigenvalue weighted by atomic mass is 10.1. The van der Waals surface area contributed by atoms with Gasteiger partial charge in [0.05, 0.1) is 13.0 Å². The second kappa shape index (κ2) is 8.96. The Morgan fingerprint density at radius 3 is 2.76 bits per heavy atom. The smallest absolute Gasteiger partial charge is 0.311 e. The van der Waals surface area contributed by atoms with Crippen molar-refractivity contribution in [3.63, 3.8) is 0 Å². The first-order valence-electron chi connectivity index (χ1n) is 9.05. The topological polar surface area (TPSA) is 84.9 Å². The molecule has 7 nitrogen and oxygen atoms in total. The molecule has 29 heavy (non-hydrogen) atoms. The highest BCUT2D eigenvalue weighted by atomic mass is 35.5. The largest absolute Gasteiger partial charge is 0.497 e. The average Bonchev–Trinajstić information content (AvgIpc) is 3.11. The van der Waals surface area contributed by atoms with Crippen LogP contribution in [0.2, 0.25) is 5.02 Å². The van der Waals surface area contributed by atoms with Gasteiger partial charge in [0.2, 0.25) is 5.91 Å². The number of carbonyl (C=O) groups is 3. The summed E-state index contributed by atoms with van der Waals surface area (Å²) in [7, 11) is 1.54. The maximum absolute atomic E-state index is 12.3. The van der Waals surface area contributed by atoms with Crippen molar-refractivity contribution in [2.75, 3.05) is 30.5 Å². The lowest BCUT2D eigenvalue weighted by Crippen LogP contribution is -2.28. The number of rotatable bonds is 6. The molecule has 1 aliphatic heterocycles. The summed E-state index contributed by atoms with van der Waals surface area (Å²) in [5.74, 6) is -1.25. The van der Waals surface area contributed by atoms with Crippen molar-refractivity contribution in [2.45, 2.75) is 13.3 Å². The first kappa shape index (κ1) is 20.7. The van der Waals surface area contributed by atoms with Crippen LogP contribution in [-0.4, -0.2) is 38.0 Å². The molecule has 0 aliphatic carbocycles. The molecule has 2 aromatic carbocycles. The number of esters is 1. The number of hydrogen-bond donors (Lipinski definition) is 1. The molecule has 0 radical (unpaired) electrons. The second-order valence-electron chi connectivity index (χ2n) is 6.68. The molecule has 8 heteroatoms. The minimum absolute atomic E-state index is 0.0328. The Hall–Kier alpha value is -3.06. The summed E-state index contributed by atoms with van der Waals surface area (Å²) in [5.41, 5.74) is 1.93. The highest BCUT2D eigenvalue weighted by Gasteiger charge is 2.36. The monoisotopic (exact) mass is 416 g/mol. The third-order valence-electron chi connectivity index (χ3n) is 4.71. The Morgan fingerprint density at radius 1 is 1.24 bits per heavy atom. The summed E-state index contributed by atoms with van der Waals surface area (Å²) in [6.45, 7) is 1.54. The van der Waals surface area contributed by atoms with Crippen LogP contribution in [0, 0.1) is 12.8 Å². The van der Waals surface area contributed by atoms with E-state index in [9.17, 15) is 14.4 Å². The van der Waals surface area contributed by atoms with Gasteiger partial charge in [-0.2, -0.15) is 0 Å². The van der Waals surface area contributed by atoms with Gasteiger partial charge in [0, 0.05) is 35.4 Å². The van der Waals surface area contributed by atoms with Gasteiger partial charge >= 0.3 is 5.97 Å². The van der Waals surface area contributed by atoms with E-state index in [1.165, 1.54) is 4.90 Å². The van der Waals surface area contributed by atoms with E-state index in [0.717, 1.165) is 5.56 Å². The SMILES string of the molecule is COc1cccc(N2CC(C(=O)OCC(=O)Nc3cccc(Cl)c3C)CC2=O)c1. The fourth-order valence-electron chi connectivity index (χ4n) is 3.08. The molecule has 1 heterocycles. The zero-order valence-corrected chi connectivity index (χ0v) is 16.9. The summed E-state index contributed by atoms with van der Waals surface area (Å²) in [5, 5.41) is 3.19. The molecular formula is C21H21ClN2O5. The number of nitrogens with zero attached hydrogens (tertiary/aromatic N) is 1. The van der Waals surface area contributed by atoms with Crippen LogP contribution in [0.4, 0.5) is 11.4 Å². The second-order valence-corrected chi connectivity index (χ2v) is 7.08. The third-order valence-corrected chi connectivity index (χ3v) is 5.12. The summed E-state index contributed by atoms with van der Waals surface area (Å²) in [6.07, 6.45) is 0.0328. The van der Waals surface area contributed by atoms with Crippen LogP contribution >= 0.6 is 11.6 Å². The summed E-state index contributed by atoms with van der Waals surface area (Å²) >= 11 is 6.03. The van der Waals surface area contributed by atoms with E-state index in [-0.39, 0.29) is 18.9 Å². The number of ether oxygens (including phenoxy) is 2. The van der Waals surface area contributed by atoms with Gasteiger partial charge in [0.15, 0.2) is 6.61 Å². The number of methoxy groups -OCH3 is 1. The first-order valence-corrected chi connectivity index (χ1v) is 9.43. The van der Waals surface area contributed by atoms with Crippen molar-refractivity contribution in [3.05, 3.63) is 53.1 Å². The molecule has 1 aliphatic rings. The van der Waals surface area contributed by atoms with Gasteiger partial charge in [-0.15, -0.1) is 0 Å². The Kier molecular flexibility index (Phi) is 6.39. The summed E-state index contributed by atoms with van der Waals surface area (Å²) in [6, 6.07) is 12.2. The molecule has 2 aromatic rings. The van der Waals surface area contributed by atoms with E-state index in [2.05, 4.69) is 5.32 Å². The highest BCUT2D eigenvalue weighted by Crippen LogP contribution is 2.28. The maximum atomic E-state index is 12.3. The molecule has 0 saturated carbocycles. The Bertz CT molecular complexity index is 946.